The molecule has 2 aromatic carbocycles. The maximum absolute atomic E-state index is 9.41. The molecule has 1 unspecified atom stereocenters. The lowest BCUT2D eigenvalue weighted by molar-refractivity contribution is 0.00956. The fraction of sp³-hybridized carbons (Fsp3) is 0.294. The Morgan fingerprint density at radius 1 is 1.19 bits per heavy atom. The van der Waals surface area contributed by atoms with Crippen LogP contribution in [0.2, 0.25) is 0 Å². The van der Waals surface area contributed by atoms with E-state index in [0.29, 0.717) is 19.0 Å². The van der Waals surface area contributed by atoms with E-state index < -0.39 is 0 Å². The van der Waals surface area contributed by atoms with Crippen LogP contribution in [0.15, 0.2) is 46.9 Å². The third-order valence-electron chi connectivity index (χ3n) is 3.69. The van der Waals surface area contributed by atoms with Crippen LogP contribution in [-0.4, -0.2) is 18.3 Å². The zero-order chi connectivity index (χ0) is 14.7. The molecule has 0 radical (unpaired) electrons. The lowest BCUT2D eigenvalue weighted by Gasteiger charge is -2.26. The van der Waals surface area contributed by atoms with Crippen molar-refractivity contribution in [3.05, 3.63) is 63.6 Å². The lowest BCUT2D eigenvalue weighted by Crippen LogP contribution is -2.22. The predicted molar refractivity (Wildman–Crippen MR) is 84.4 cm³/mol. The van der Waals surface area contributed by atoms with Crippen LogP contribution in [0.3, 0.4) is 0 Å². The number of hydrogen-bond acceptors (Lipinski definition) is 3. The second kappa shape index (κ2) is 6.60. The molecule has 3 nitrogen and oxygen atoms in total. The number of aliphatic hydroxyl groups excluding tert-OH is 1. The second-order valence-electron chi connectivity index (χ2n) is 5.01. The lowest BCUT2D eigenvalue weighted by atomic mass is 9.98. The van der Waals surface area contributed by atoms with Gasteiger partial charge in [-0.1, -0.05) is 36.4 Å². The average Bonchev–Trinajstić information content (AvgIpc) is 2.53. The minimum Gasteiger partial charge on any atom is -0.489 e. The van der Waals surface area contributed by atoms with Gasteiger partial charge in [0.05, 0.1) is 17.7 Å². The molecule has 4 heteroatoms. The van der Waals surface area contributed by atoms with E-state index in [1.807, 2.05) is 24.3 Å². The maximum atomic E-state index is 9.41. The van der Waals surface area contributed by atoms with E-state index in [1.54, 1.807) is 0 Å². The molecule has 1 aliphatic rings. The number of halogens is 1. The van der Waals surface area contributed by atoms with Gasteiger partial charge in [0.2, 0.25) is 0 Å². The maximum Gasteiger partial charge on any atom is 0.139 e. The molecule has 0 aromatic heterocycles. The van der Waals surface area contributed by atoms with Gasteiger partial charge in [0.1, 0.15) is 18.5 Å². The van der Waals surface area contributed by atoms with Crippen molar-refractivity contribution in [3.8, 4) is 5.75 Å². The van der Waals surface area contributed by atoms with E-state index in [1.165, 1.54) is 11.1 Å². The largest absolute Gasteiger partial charge is 0.489 e. The molecule has 3 rings (SSSR count). The first kappa shape index (κ1) is 14.6. The first-order valence-corrected chi connectivity index (χ1v) is 7.79. The molecule has 0 saturated carbocycles. The Morgan fingerprint density at radius 3 is 2.90 bits per heavy atom. The minimum atomic E-state index is -0.0615. The molecular weight excluding hydrogens is 332 g/mol. The number of hydrogen-bond donors (Lipinski definition) is 1. The molecule has 0 spiro atoms. The van der Waals surface area contributed by atoms with Crippen molar-refractivity contribution in [2.24, 2.45) is 0 Å². The highest BCUT2D eigenvalue weighted by Gasteiger charge is 2.21. The van der Waals surface area contributed by atoms with Crippen LogP contribution >= 0.6 is 15.9 Å². The van der Waals surface area contributed by atoms with Crippen molar-refractivity contribution >= 4 is 15.9 Å². The molecule has 1 atom stereocenters. The predicted octanol–water partition coefficient (Wildman–Crippen LogP) is 3.63. The summed E-state index contributed by atoms with van der Waals surface area (Å²) >= 11 is 3.47. The number of ether oxygens (including phenoxy) is 2. The Bertz CT molecular complexity index is 627. The van der Waals surface area contributed by atoms with Crippen LogP contribution in [0.1, 0.15) is 22.8 Å². The van der Waals surface area contributed by atoms with Crippen molar-refractivity contribution in [2.45, 2.75) is 19.1 Å². The smallest absolute Gasteiger partial charge is 0.139 e. The fourth-order valence-electron chi connectivity index (χ4n) is 2.61. The van der Waals surface area contributed by atoms with E-state index in [0.717, 1.165) is 16.5 Å². The van der Waals surface area contributed by atoms with Crippen molar-refractivity contribution in [1.29, 1.82) is 0 Å². The quantitative estimate of drug-likeness (QED) is 0.916. The minimum absolute atomic E-state index is 0.0448. The number of fused-ring (bicyclic) bond motifs is 1. The van der Waals surface area contributed by atoms with Crippen LogP contribution in [-0.2, 0) is 17.8 Å². The topological polar surface area (TPSA) is 38.7 Å². The summed E-state index contributed by atoms with van der Waals surface area (Å²) in [4.78, 5) is 0. The Balaban J connectivity index is 1.78. The standard InChI is InChI=1S/C17H17BrO3/c18-15-7-3-5-13(10-19)17(15)21-11-16-14-6-2-1-4-12(14)8-9-20-16/h1-7,16,19H,8-11H2. The summed E-state index contributed by atoms with van der Waals surface area (Å²) in [7, 11) is 0. The molecule has 0 aliphatic carbocycles. The zero-order valence-corrected chi connectivity index (χ0v) is 13.2. The molecule has 0 bridgehead atoms. The highest BCUT2D eigenvalue weighted by Crippen LogP contribution is 2.32. The van der Waals surface area contributed by atoms with Crippen molar-refractivity contribution in [1.82, 2.24) is 0 Å². The van der Waals surface area contributed by atoms with Gasteiger partial charge in [-0.3, -0.25) is 0 Å². The van der Waals surface area contributed by atoms with Gasteiger partial charge in [-0.15, -0.1) is 0 Å². The SMILES string of the molecule is OCc1cccc(Br)c1OCC1OCCc2ccccc21. The highest BCUT2D eigenvalue weighted by atomic mass is 79.9. The Hall–Kier alpha value is -1.36. The molecule has 21 heavy (non-hydrogen) atoms. The summed E-state index contributed by atoms with van der Waals surface area (Å²) in [5.41, 5.74) is 3.29. The van der Waals surface area contributed by atoms with E-state index >= 15 is 0 Å². The Labute approximate surface area is 132 Å². The summed E-state index contributed by atoms with van der Waals surface area (Å²) in [6, 6.07) is 14.0. The third kappa shape index (κ3) is 3.12. The van der Waals surface area contributed by atoms with Gasteiger partial charge < -0.3 is 14.6 Å². The molecule has 1 N–H and O–H groups in total. The molecule has 0 amide bonds. The monoisotopic (exact) mass is 348 g/mol. The van der Waals surface area contributed by atoms with Crippen LogP contribution in [0.25, 0.3) is 0 Å². The highest BCUT2D eigenvalue weighted by molar-refractivity contribution is 9.10. The van der Waals surface area contributed by atoms with Gasteiger partial charge in [0.25, 0.3) is 0 Å². The summed E-state index contributed by atoms with van der Waals surface area (Å²) in [6.07, 6.45) is 0.887. The van der Waals surface area contributed by atoms with E-state index in [2.05, 4.69) is 34.1 Å². The van der Waals surface area contributed by atoms with Gasteiger partial charge >= 0.3 is 0 Å². The molecule has 1 heterocycles. The van der Waals surface area contributed by atoms with Crippen molar-refractivity contribution in [3.63, 3.8) is 0 Å². The van der Waals surface area contributed by atoms with E-state index in [4.69, 9.17) is 9.47 Å². The average molecular weight is 349 g/mol. The summed E-state index contributed by atoms with van der Waals surface area (Å²) in [6.45, 7) is 1.11. The van der Waals surface area contributed by atoms with Crippen LogP contribution in [0.5, 0.6) is 5.75 Å². The first-order valence-electron chi connectivity index (χ1n) is 7.00. The number of aliphatic hydroxyl groups is 1. The van der Waals surface area contributed by atoms with Crippen LogP contribution < -0.4 is 4.74 Å². The number of rotatable bonds is 4. The summed E-state index contributed by atoms with van der Waals surface area (Å²) in [5, 5.41) is 9.41. The zero-order valence-electron chi connectivity index (χ0n) is 11.6. The van der Waals surface area contributed by atoms with Gasteiger partial charge in [-0.05, 0) is 39.5 Å². The molecule has 0 fully saturated rings. The van der Waals surface area contributed by atoms with Crippen LogP contribution in [0.4, 0.5) is 0 Å². The Kier molecular flexibility index (Phi) is 4.58. The molecule has 1 aliphatic heterocycles. The molecular formula is C17H17BrO3. The second-order valence-corrected chi connectivity index (χ2v) is 5.86. The van der Waals surface area contributed by atoms with Crippen molar-refractivity contribution in [2.75, 3.05) is 13.2 Å². The fourth-order valence-corrected chi connectivity index (χ4v) is 3.14. The van der Waals surface area contributed by atoms with Crippen molar-refractivity contribution < 1.29 is 14.6 Å². The normalized spacial score (nSPS) is 17.3. The Morgan fingerprint density at radius 2 is 2.05 bits per heavy atom. The van der Waals surface area contributed by atoms with Gasteiger partial charge in [0, 0.05) is 5.56 Å². The first-order chi connectivity index (χ1) is 10.3. The third-order valence-corrected chi connectivity index (χ3v) is 4.31. The number of para-hydroxylation sites is 1. The molecule has 0 saturated heterocycles. The van der Waals surface area contributed by atoms with E-state index in [-0.39, 0.29) is 12.7 Å². The number of benzene rings is 2. The summed E-state index contributed by atoms with van der Waals surface area (Å²) in [5.74, 6) is 0.687. The summed E-state index contributed by atoms with van der Waals surface area (Å²) < 4.78 is 12.6. The molecule has 110 valence electrons. The van der Waals surface area contributed by atoms with E-state index in [9.17, 15) is 5.11 Å². The molecule has 2 aromatic rings. The van der Waals surface area contributed by atoms with Crippen LogP contribution in [0, 0.1) is 0 Å². The van der Waals surface area contributed by atoms with Gasteiger partial charge in [-0.25, -0.2) is 0 Å². The van der Waals surface area contributed by atoms with Gasteiger partial charge in [-0.2, -0.15) is 0 Å². The van der Waals surface area contributed by atoms with Gasteiger partial charge in [0.15, 0.2) is 0 Å².